The van der Waals surface area contributed by atoms with Crippen molar-refractivity contribution >= 4 is 23.3 Å². The molecule has 8 nitrogen and oxygen atoms in total. The highest BCUT2D eigenvalue weighted by atomic mass is 16.6. The molecule has 1 aromatic carbocycles. The summed E-state index contributed by atoms with van der Waals surface area (Å²) in [4.78, 5) is 34.1. The first kappa shape index (κ1) is 20.4. The molecule has 0 radical (unpaired) electrons. The van der Waals surface area contributed by atoms with Crippen LogP contribution in [-0.4, -0.2) is 36.5 Å². The molecule has 1 aromatic rings. The van der Waals surface area contributed by atoms with Crippen LogP contribution in [0.4, 0.5) is 11.4 Å². The number of hydrogen-bond acceptors (Lipinski definition) is 6. The molecule has 0 fully saturated rings. The van der Waals surface area contributed by atoms with Gasteiger partial charge in [0.05, 0.1) is 23.5 Å². The molecule has 0 heterocycles. The maximum Gasteiger partial charge on any atom is 0.307 e. The van der Waals surface area contributed by atoms with Crippen molar-refractivity contribution in [3.05, 3.63) is 33.9 Å². The molecule has 0 aliphatic carbocycles. The lowest BCUT2D eigenvalue weighted by atomic mass is 10.1. The fourth-order valence-corrected chi connectivity index (χ4v) is 2.19. The van der Waals surface area contributed by atoms with Gasteiger partial charge in [0.1, 0.15) is 0 Å². The molecule has 0 aliphatic rings. The fourth-order valence-electron chi connectivity index (χ4n) is 2.19. The van der Waals surface area contributed by atoms with Crippen LogP contribution in [0.15, 0.2) is 18.2 Å². The minimum atomic E-state index is -0.545. The van der Waals surface area contributed by atoms with Crippen LogP contribution in [0.3, 0.4) is 0 Å². The van der Waals surface area contributed by atoms with E-state index in [-0.39, 0.29) is 30.8 Å². The SMILES string of the molecule is CCCCCNc1ccc([N+](=O)[O-])cc1C(=O)NCCC(=O)OCC. The number of anilines is 1. The van der Waals surface area contributed by atoms with Crippen LogP contribution in [0.5, 0.6) is 0 Å². The largest absolute Gasteiger partial charge is 0.466 e. The fraction of sp³-hybridized carbons (Fsp3) is 0.529. The van der Waals surface area contributed by atoms with Crippen LogP contribution in [0.2, 0.25) is 0 Å². The van der Waals surface area contributed by atoms with E-state index in [1.54, 1.807) is 6.92 Å². The van der Waals surface area contributed by atoms with Gasteiger partial charge < -0.3 is 15.4 Å². The van der Waals surface area contributed by atoms with Gasteiger partial charge in [0.25, 0.3) is 11.6 Å². The van der Waals surface area contributed by atoms with Crippen molar-refractivity contribution in [3.8, 4) is 0 Å². The van der Waals surface area contributed by atoms with Crippen LogP contribution in [0, 0.1) is 10.1 Å². The third-order valence-electron chi connectivity index (χ3n) is 3.47. The number of ether oxygens (including phenoxy) is 1. The lowest BCUT2D eigenvalue weighted by Gasteiger charge is -2.12. The van der Waals surface area contributed by atoms with Crippen molar-refractivity contribution in [3.63, 3.8) is 0 Å². The Labute approximate surface area is 147 Å². The standard InChI is InChI=1S/C17H25N3O5/c1-3-5-6-10-18-15-8-7-13(20(23)24)12-14(15)17(22)19-11-9-16(21)25-4-2/h7-8,12,18H,3-6,9-11H2,1-2H3,(H,19,22). The van der Waals surface area contributed by atoms with Crippen molar-refractivity contribution in [2.75, 3.05) is 25.0 Å². The number of esters is 1. The van der Waals surface area contributed by atoms with Gasteiger partial charge in [-0.05, 0) is 19.4 Å². The third kappa shape index (κ3) is 7.19. The second-order valence-corrected chi connectivity index (χ2v) is 5.43. The van der Waals surface area contributed by atoms with E-state index in [9.17, 15) is 19.7 Å². The van der Waals surface area contributed by atoms with Crippen molar-refractivity contribution < 1.29 is 19.2 Å². The summed E-state index contributed by atoms with van der Waals surface area (Å²) in [7, 11) is 0. The van der Waals surface area contributed by atoms with Gasteiger partial charge in [0, 0.05) is 30.9 Å². The van der Waals surface area contributed by atoms with E-state index in [1.165, 1.54) is 18.2 Å². The number of hydrogen-bond donors (Lipinski definition) is 2. The number of nitro groups is 1. The highest BCUT2D eigenvalue weighted by molar-refractivity contribution is 6.00. The van der Waals surface area contributed by atoms with Gasteiger partial charge in [0.2, 0.25) is 0 Å². The van der Waals surface area contributed by atoms with Gasteiger partial charge in [-0.1, -0.05) is 19.8 Å². The lowest BCUT2D eigenvalue weighted by molar-refractivity contribution is -0.384. The molecule has 8 heteroatoms. The number of unbranched alkanes of at least 4 members (excludes halogenated alkanes) is 2. The number of benzene rings is 1. The number of amides is 1. The zero-order chi connectivity index (χ0) is 18.7. The predicted molar refractivity (Wildman–Crippen MR) is 94.7 cm³/mol. The van der Waals surface area contributed by atoms with E-state index in [1.807, 2.05) is 0 Å². The van der Waals surface area contributed by atoms with Crippen LogP contribution < -0.4 is 10.6 Å². The molecule has 25 heavy (non-hydrogen) atoms. The topological polar surface area (TPSA) is 111 Å². The molecule has 0 spiro atoms. The van der Waals surface area contributed by atoms with Crippen LogP contribution in [0.1, 0.15) is 49.9 Å². The van der Waals surface area contributed by atoms with Gasteiger partial charge in [-0.2, -0.15) is 0 Å². The number of carbonyl (C=O) groups excluding carboxylic acids is 2. The molecule has 2 N–H and O–H groups in total. The third-order valence-corrected chi connectivity index (χ3v) is 3.47. The average Bonchev–Trinajstić information content (AvgIpc) is 2.58. The van der Waals surface area contributed by atoms with E-state index in [4.69, 9.17) is 4.74 Å². The Balaban J connectivity index is 2.77. The van der Waals surface area contributed by atoms with E-state index in [0.29, 0.717) is 12.2 Å². The molecule has 0 atom stereocenters. The smallest absolute Gasteiger partial charge is 0.307 e. The summed E-state index contributed by atoms with van der Waals surface area (Å²) in [6.45, 7) is 4.86. The first-order valence-electron chi connectivity index (χ1n) is 8.45. The molecular formula is C17H25N3O5. The van der Waals surface area contributed by atoms with E-state index in [0.717, 1.165) is 19.3 Å². The second kappa shape index (κ2) is 11.0. The number of nitrogens with one attached hydrogen (secondary N) is 2. The molecule has 138 valence electrons. The molecule has 0 bridgehead atoms. The van der Waals surface area contributed by atoms with Gasteiger partial charge in [0.15, 0.2) is 0 Å². The minimum Gasteiger partial charge on any atom is -0.466 e. The zero-order valence-electron chi connectivity index (χ0n) is 14.7. The first-order valence-corrected chi connectivity index (χ1v) is 8.45. The monoisotopic (exact) mass is 351 g/mol. The second-order valence-electron chi connectivity index (χ2n) is 5.43. The number of carbonyl (C=O) groups is 2. The Hall–Kier alpha value is -2.64. The van der Waals surface area contributed by atoms with Gasteiger partial charge in [-0.15, -0.1) is 0 Å². The number of rotatable bonds is 11. The maximum absolute atomic E-state index is 12.3. The van der Waals surface area contributed by atoms with Gasteiger partial charge in [-0.3, -0.25) is 19.7 Å². The Kier molecular flexibility index (Phi) is 8.99. The molecule has 0 aromatic heterocycles. The molecule has 0 saturated heterocycles. The minimum absolute atomic E-state index is 0.0494. The number of nitrogens with zero attached hydrogens (tertiary/aromatic N) is 1. The average molecular weight is 351 g/mol. The Morgan fingerprint density at radius 1 is 1.20 bits per heavy atom. The van der Waals surface area contributed by atoms with Crippen LogP contribution in [0.25, 0.3) is 0 Å². The molecule has 0 aliphatic heterocycles. The summed E-state index contributed by atoms with van der Waals surface area (Å²) >= 11 is 0. The van der Waals surface area contributed by atoms with Crippen molar-refractivity contribution in [1.29, 1.82) is 0 Å². The maximum atomic E-state index is 12.3. The summed E-state index contributed by atoms with van der Waals surface area (Å²) in [6, 6.07) is 4.13. The van der Waals surface area contributed by atoms with Crippen LogP contribution >= 0.6 is 0 Å². The van der Waals surface area contributed by atoms with Crippen molar-refractivity contribution in [2.45, 2.75) is 39.5 Å². The normalized spacial score (nSPS) is 10.2. The van der Waals surface area contributed by atoms with E-state index < -0.39 is 16.8 Å². The number of nitro benzene ring substituents is 1. The summed E-state index contributed by atoms with van der Waals surface area (Å²) in [5, 5.41) is 16.7. The zero-order valence-corrected chi connectivity index (χ0v) is 14.7. The Morgan fingerprint density at radius 2 is 1.96 bits per heavy atom. The van der Waals surface area contributed by atoms with Crippen molar-refractivity contribution in [2.24, 2.45) is 0 Å². The summed E-state index contributed by atoms with van der Waals surface area (Å²) in [5.74, 6) is -0.870. The predicted octanol–water partition coefficient (Wildman–Crippen LogP) is 2.88. The van der Waals surface area contributed by atoms with Gasteiger partial charge >= 0.3 is 5.97 Å². The Bertz CT molecular complexity index is 604. The quantitative estimate of drug-likeness (QED) is 0.274. The summed E-state index contributed by atoms with van der Waals surface area (Å²) in [5.41, 5.74) is 0.569. The number of non-ortho nitro benzene ring substituents is 1. The Morgan fingerprint density at radius 3 is 2.60 bits per heavy atom. The van der Waals surface area contributed by atoms with Gasteiger partial charge in [-0.25, -0.2) is 0 Å². The highest BCUT2D eigenvalue weighted by Crippen LogP contribution is 2.22. The summed E-state index contributed by atoms with van der Waals surface area (Å²) < 4.78 is 4.79. The van der Waals surface area contributed by atoms with Crippen molar-refractivity contribution in [1.82, 2.24) is 5.32 Å². The first-order chi connectivity index (χ1) is 12.0. The highest BCUT2D eigenvalue weighted by Gasteiger charge is 2.17. The molecule has 0 saturated carbocycles. The summed E-state index contributed by atoms with van der Waals surface area (Å²) in [6.07, 6.45) is 3.12. The molecule has 1 amide bonds. The molecule has 0 unspecified atom stereocenters. The molecule has 1 rings (SSSR count). The lowest BCUT2D eigenvalue weighted by Crippen LogP contribution is -2.27. The molecular weight excluding hydrogens is 326 g/mol. The van der Waals surface area contributed by atoms with E-state index >= 15 is 0 Å². The van der Waals surface area contributed by atoms with Crippen LogP contribution in [-0.2, 0) is 9.53 Å². The van der Waals surface area contributed by atoms with E-state index in [2.05, 4.69) is 17.6 Å².